The average Bonchev–Trinajstić information content (AvgIpc) is 3.13. The smallest absolute Gasteiger partial charge is 0.353 e. The molecular weight excluding hydrogens is 370 g/mol. The van der Waals surface area contributed by atoms with Crippen molar-refractivity contribution in [3.8, 4) is 27.7 Å². The summed E-state index contributed by atoms with van der Waals surface area (Å²) in [4.78, 5) is 24.4. The molecule has 4 rings (SSSR count). The molecule has 7 nitrogen and oxygen atoms in total. The highest BCUT2D eigenvalue weighted by atomic mass is 32.1. The van der Waals surface area contributed by atoms with Gasteiger partial charge >= 0.3 is 5.97 Å². The van der Waals surface area contributed by atoms with Gasteiger partial charge in [-0.3, -0.25) is 10.1 Å². The lowest BCUT2D eigenvalue weighted by Gasteiger charge is -2.16. The number of para-hydroxylation sites is 1. The van der Waals surface area contributed by atoms with E-state index in [4.69, 9.17) is 14.2 Å². The van der Waals surface area contributed by atoms with Gasteiger partial charge in [0.2, 0.25) is 0 Å². The number of methoxy groups -OCH3 is 1. The third-order valence-corrected chi connectivity index (χ3v) is 5.28. The first kappa shape index (κ1) is 17.0. The lowest BCUT2D eigenvalue weighted by molar-refractivity contribution is -0.384. The zero-order valence-corrected chi connectivity index (χ0v) is 14.9. The van der Waals surface area contributed by atoms with Gasteiger partial charge in [-0.1, -0.05) is 12.1 Å². The highest BCUT2D eigenvalue weighted by molar-refractivity contribution is 7.17. The molecule has 0 radical (unpaired) electrons. The SMILES string of the molecule is COc1ccc([N+](=O)[O-])cc1OC(=O)c1cc2c(s1)-c1ccccc1OC2. The van der Waals surface area contributed by atoms with Crippen molar-refractivity contribution in [2.45, 2.75) is 6.61 Å². The fourth-order valence-electron chi connectivity index (χ4n) is 2.81. The van der Waals surface area contributed by atoms with Gasteiger partial charge in [-0.15, -0.1) is 11.3 Å². The number of nitro groups is 1. The van der Waals surface area contributed by atoms with Gasteiger partial charge in [-0.25, -0.2) is 4.79 Å². The summed E-state index contributed by atoms with van der Waals surface area (Å²) in [6.45, 7) is 0.371. The Morgan fingerprint density at radius 3 is 2.78 bits per heavy atom. The Hall–Kier alpha value is -3.39. The Kier molecular flexibility index (Phi) is 4.25. The number of hydrogen-bond donors (Lipinski definition) is 0. The Morgan fingerprint density at radius 1 is 1.19 bits per heavy atom. The van der Waals surface area contributed by atoms with Gasteiger partial charge in [0.05, 0.1) is 18.1 Å². The molecule has 2 heterocycles. The highest BCUT2D eigenvalue weighted by Gasteiger charge is 2.24. The van der Waals surface area contributed by atoms with Gasteiger partial charge in [0.25, 0.3) is 5.69 Å². The molecule has 1 aliphatic rings. The molecule has 2 aromatic carbocycles. The summed E-state index contributed by atoms with van der Waals surface area (Å²) in [5.41, 5.74) is 1.64. The molecular formula is C19H13NO6S. The number of thiophene rings is 1. The minimum absolute atomic E-state index is 0.000257. The zero-order chi connectivity index (χ0) is 19.0. The van der Waals surface area contributed by atoms with Crippen LogP contribution in [0.25, 0.3) is 10.4 Å². The maximum absolute atomic E-state index is 12.6. The Morgan fingerprint density at radius 2 is 2.00 bits per heavy atom. The summed E-state index contributed by atoms with van der Waals surface area (Å²) in [6, 6.07) is 13.2. The highest BCUT2D eigenvalue weighted by Crippen LogP contribution is 2.42. The van der Waals surface area contributed by atoms with Crippen LogP contribution in [0.5, 0.6) is 17.2 Å². The summed E-state index contributed by atoms with van der Waals surface area (Å²) >= 11 is 1.30. The maximum Gasteiger partial charge on any atom is 0.353 e. The molecule has 0 fully saturated rings. The van der Waals surface area contributed by atoms with Crippen molar-refractivity contribution in [3.05, 3.63) is 69.1 Å². The third-order valence-electron chi connectivity index (χ3n) is 4.09. The Bertz CT molecular complexity index is 1060. The number of benzene rings is 2. The largest absolute Gasteiger partial charge is 0.493 e. The van der Waals surface area contributed by atoms with Crippen LogP contribution in [0.1, 0.15) is 15.2 Å². The number of hydrogen-bond acceptors (Lipinski definition) is 7. The van der Waals surface area contributed by atoms with Crippen LogP contribution >= 0.6 is 11.3 Å². The van der Waals surface area contributed by atoms with Crippen molar-refractivity contribution in [1.82, 2.24) is 0 Å². The summed E-state index contributed by atoms with van der Waals surface area (Å²) in [7, 11) is 1.40. The van der Waals surface area contributed by atoms with Crippen molar-refractivity contribution in [3.63, 3.8) is 0 Å². The summed E-state index contributed by atoms with van der Waals surface area (Å²) in [6.07, 6.45) is 0. The molecule has 3 aromatic rings. The van der Waals surface area contributed by atoms with Crippen LogP contribution < -0.4 is 14.2 Å². The summed E-state index contributed by atoms with van der Waals surface area (Å²) < 4.78 is 16.2. The fraction of sp³-hybridized carbons (Fsp3) is 0.105. The number of fused-ring (bicyclic) bond motifs is 3. The molecule has 1 aliphatic heterocycles. The Labute approximate surface area is 157 Å². The lowest BCUT2D eigenvalue weighted by Crippen LogP contribution is -2.08. The molecule has 0 N–H and O–H groups in total. The van der Waals surface area contributed by atoms with Crippen molar-refractivity contribution >= 4 is 23.0 Å². The second-order valence-electron chi connectivity index (χ2n) is 5.73. The van der Waals surface area contributed by atoms with Crippen LogP contribution in [-0.2, 0) is 6.61 Å². The monoisotopic (exact) mass is 383 g/mol. The van der Waals surface area contributed by atoms with Gasteiger partial charge in [0, 0.05) is 22.1 Å². The zero-order valence-electron chi connectivity index (χ0n) is 14.1. The number of carbonyl (C=O) groups is 1. The number of non-ortho nitro benzene ring substituents is 1. The van der Waals surface area contributed by atoms with Crippen molar-refractivity contribution in [2.75, 3.05) is 7.11 Å². The van der Waals surface area contributed by atoms with Crippen LogP contribution in [0.15, 0.2) is 48.5 Å². The van der Waals surface area contributed by atoms with Crippen LogP contribution in [-0.4, -0.2) is 18.0 Å². The van der Waals surface area contributed by atoms with E-state index in [1.54, 1.807) is 6.07 Å². The molecule has 0 saturated carbocycles. The van der Waals surface area contributed by atoms with Gasteiger partial charge in [-0.05, 0) is 24.3 Å². The third kappa shape index (κ3) is 3.11. The van der Waals surface area contributed by atoms with Crippen molar-refractivity contribution < 1.29 is 23.9 Å². The van der Waals surface area contributed by atoms with E-state index in [-0.39, 0.29) is 17.2 Å². The van der Waals surface area contributed by atoms with E-state index >= 15 is 0 Å². The fourth-order valence-corrected chi connectivity index (χ4v) is 3.88. The van der Waals surface area contributed by atoms with Gasteiger partial charge in [0.15, 0.2) is 11.5 Å². The van der Waals surface area contributed by atoms with E-state index in [1.807, 2.05) is 24.3 Å². The quantitative estimate of drug-likeness (QED) is 0.286. The second kappa shape index (κ2) is 6.73. The number of esters is 1. The molecule has 0 amide bonds. The number of carbonyl (C=O) groups excluding carboxylic acids is 1. The molecule has 0 bridgehead atoms. The predicted octanol–water partition coefficient (Wildman–Crippen LogP) is 4.44. The molecule has 0 unspecified atom stereocenters. The summed E-state index contributed by atoms with van der Waals surface area (Å²) in [5.74, 6) is 0.404. The number of rotatable bonds is 4. The van der Waals surface area contributed by atoms with Crippen molar-refractivity contribution in [2.24, 2.45) is 0 Å². The second-order valence-corrected chi connectivity index (χ2v) is 6.78. The van der Waals surface area contributed by atoms with Crippen LogP contribution in [0.4, 0.5) is 5.69 Å². The first-order valence-electron chi connectivity index (χ1n) is 7.96. The maximum atomic E-state index is 12.6. The molecule has 0 spiro atoms. The normalized spacial score (nSPS) is 11.7. The average molecular weight is 383 g/mol. The molecule has 136 valence electrons. The topological polar surface area (TPSA) is 87.9 Å². The molecule has 1 aromatic heterocycles. The predicted molar refractivity (Wildman–Crippen MR) is 98.7 cm³/mol. The molecule has 8 heteroatoms. The van der Waals surface area contributed by atoms with E-state index < -0.39 is 10.9 Å². The molecule has 0 aliphatic carbocycles. The van der Waals surface area contributed by atoms with E-state index in [2.05, 4.69) is 0 Å². The molecule has 0 saturated heterocycles. The standard InChI is InChI=1S/C19H13NO6S/c1-24-15-7-6-12(20(22)23)9-16(15)26-19(21)17-8-11-10-25-14-5-3-2-4-13(14)18(11)27-17/h2-9H,10H2,1H3. The Balaban J connectivity index is 1.65. The van der Waals surface area contributed by atoms with E-state index in [0.29, 0.717) is 11.5 Å². The number of nitrogens with zero attached hydrogens (tertiary/aromatic N) is 1. The van der Waals surface area contributed by atoms with Crippen LogP contribution in [0.3, 0.4) is 0 Å². The minimum Gasteiger partial charge on any atom is -0.493 e. The first-order valence-corrected chi connectivity index (χ1v) is 8.78. The van der Waals surface area contributed by atoms with Crippen molar-refractivity contribution in [1.29, 1.82) is 0 Å². The van der Waals surface area contributed by atoms with Gasteiger partial charge < -0.3 is 14.2 Å². The molecule has 27 heavy (non-hydrogen) atoms. The molecule has 0 atom stereocenters. The van der Waals surface area contributed by atoms with E-state index in [9.17, 15) is 14.9 Å². The van der Waals surface area contributed by atoms with Gasteiger partial charge in [-0.2, -0.15) is 0 Å². The lowest BCUT2D eigenvalue weighted by atomic mass is 10.1. The first-order chi connectivity index (χ1) is 13.1. The van der Waals surface area contributed by atoms with E-state index in [0.717, 1.165) is 21.8 Å². The number of ether oxygens (including phenoxy) is 3. The minimum atomic E-state index is -0.606. The van der Waals surface area contributed by atoms with E-state index in [1.165, 1.54) is 36.6 Å². The van der Waals surface area contributed by atoms with Crippen LogP contribution in [0.2, 0.25) is 0 Å². The van der Waals surface area contributed by atoms with Crippen LogP contribution in [0, 0.1) is 10.1 Å². The van der Waals surface area contributed by atoms with Gasteiger partial charge in [0.1, 0.15) is 17.2 Å². The summed E-state index contributed by atoms with van der Waals surface area (Å²) in [5, 5.41) is 11.0. The number of nitro benzene ring substituents is 1.